The quantitative estimate of drug-likeness (QED) is 0.352. The maximum atomic E-state index is 13.2. The molecule has 3 aromatic rings. The second-order valence-corrected chi connectivity index (χ2v) is 8.33. The number of likely N-dealkylation sites (N-methyl/N-ethyl adjacent to an activating group) is 1. The number of carbonyl (C=O) groups is 2. The molecule has 8 nitrogen and oxygen atoms in total. The number of anilines is 1. The van der Waals surface area contributed by atoms with Crippen molar-refractivity contribution in [3.63, 3.8) is 0 Å². The molecule has 34 heavy (non-hydrogen) atoms. The zero-order valence-electron chi connectivity index (χ0n) is 18.5. The van der Waals surface area contributed by atoms with Crippen molar-refractivity contribution in [3.05, 3.63) is 89.3 Å². The third-order valence-corrected chi connectivity index (χ3v) is 6.15. The minimum absolute atomic E-state index is 0.00101. The average Bonchev–Trinajstić information content (AvgIpc) is 3.10. The molecule has 1 atom stereocenters. The fourth-order valence-corrected chi connectivity index (χ4v) is 4.39. The van der Waals surface area contributed by atoms with Gasteiger partial charge in [-0.25, -0.2) is 0 Å². The summed E-state index contributed by atoms with van der Waals surface area (Å²) in [6.07, 6.45) is 3.26. The molecule has 1 saturated heterocycles. The fourth-order valence-electron chi connectivity index (χ4n) is 4.39. The molecule has 1 aromatic heterocycles. The monoisotopic (exact) mass is 457 g/mol. The van der Waals surface area contributed by atoms with Crippen LogP contribution in [0.5, 0.6) is 11.5 Å². The lowest BCUT2D eigenvalue weighted by molar-refractivity contribution is -0.140. The molecule has 0 radical (unpaired) electrons. The van der Waals surface area contributed by atoms with Gasteiger partial charge in [-0.15, -0.1) is 0 Å². The van der Waals surface area contributed by atoms with Gasteiger partial charge in [0.1, 0.15) is 23.9 Å². The number of ketones is 1. The van der Waals surface area contributed by atoms with Crippen LogP contribution in [-0.2, 0) is 16.1 Å². The minimum atomic E-state index is -0.828. The highest BCUT2D eigenvalue weighted by Crippen LogP contribution is 2.42. The highest BCUT2D eigenvalue weighted by Gasteiger charge is 2.46. The number of hydrogen-bond acceptors (Lipinski definition) is 7. The van der Waals surface area contributed by atoms with E-state index in [4.69, 9.17) is 4.74 Å². The molecule has 0 saturated carbocycles. The number of aliphatic hydroxyl groups excluding tert-OH is 1. The Morgan fingerprint density at radius 2 is 1.94 bits per heavy atom. The van der Waals surface area contributed by atoms with Gasteiger partial charge in [-0.1, -0.05) is 18.2 Å². The van der Waals surface area contributed by atoms with Crippen molar-refractivity contribution < 1.29 is 24.5 Å². The number of likely N-dealkylation sites (tertiary alicyclic amines) is 1. The third-order valence-electron chi connectivity index (χ3n) is 6.15. The van der Waals surface area contributed by atoms with E-state index in [1.54, 1.807) is 48.8 Å². The van der Waals surface area contributed by atoms with Crippen molar-refractivity contribution in [1.29, 1.82) is 0 Å². The molecule has 2 N–H and O–H groups in total. The molecule has 1 amide bonds. The maximum Gasteiger partial charge on any atom is 0.295 e. The van der Waals surface area contributed by atoms with Crippen LogP contribution in [0.3, 0.4) is 0 Å². The third kappa shape index (κ3) is 3.73. The second-order valence-electron chi connectivity index (χ2n) is 8.33. The number of benzene rings is 2. The van der Waals surface area contributed by atoms with E-state index in [0.717, 1.165) is 11.3 Å². The number of nitrogens with zero attached hydrogens (tertiary/aromatic N) is 3. The first-order valence-electron chi connectivity index (χ1n) is 10.9. The molecule has 1 fully saturated rings. The average molecular weight is 457 g/mol. The van der Waals surface area contributed by atoms with Gasteiger partial charge in [0.05, 0.1) is 23.8 Å². The number of aliphatic hydroxyl groups is 1. The molecule has 3 heterocycles. The summed E-state index contributed by atoms with van der Waals surface area (Å²) in [5.41, 5.74) is 2.56. The highest BCUT2D eigenvalue weighted by atomic mass is 16.5. The summed E-state index contributed by atoms with van der Waals surface area (Å²) in [5, 5.41) is 21.1. The minimum Gasteiger partial charge on any atom is -0.508 e. The first-order valence-corrected chi connectivity index (χ1v) is 10.9. The van der Waals surface area contributed by atoms with Crippen molar-refractivity contribution >= 4 is 23.1 Å². The number of aromatic hydroxyl groups is 1. The van der Waals surface area contributed by atoms with Crippen molar-refractivity contribution in [2.75, 3.05) is 25.1 Å². The van der Waals surface area contributed by atoms with Gasteiger partial charge in [0, 0.05) is 31.5 Å². The maximum absolute atomic E-state index is 13.2. The Morgan fingerprint density at radius 3 is 2.68 bits per heavy atom. The Hall–Kier alpha value is -4.33. The number of amides is 1. The number of rotatable bonds is 4. The largest absolute Gasteiger partial charge is 0.508 e. The smallest absolute Gasteiger partial charge is 0.295 e. The topological polar surface area (TPSA) is 103 Å². The molecule has 0 aliphatic carbocycles. The van der Waals surface area contributed by atoms with Crippen LogP contribution in [-0.4, -0.2) is 52.0 Å². The van der Waals surface area contributed by atoms with Gasteiger partial charge in [0.15, 0.2) is 0 Å². The number of phenolic OH excluding ortho intramolecular Hbond substituents is 1. The lowest BCUT2D eigenvalue weighted by Gasteiger charge is -2.28. The normalized spacial score (nSPS) is 19.1. The van der Waals surface area contributed by atoms with E-state index in [0.29, 0.717) is 30.0 Å². The van der Waals surface area contributed by atoms with Gasteiger partial charge in [-0.2, -0.15) is 0 Å². The van der Waals surface area contributed by atoms with Crippen molar-refractivity contribution in [2.24, 2.45) is 0 Å². The number of Topliss-reactive ketones (excluding diaryl/α,β-unsaturated/α-hetero) is 1. The summed E-state index contributed by atoms with van der Waals surface area (Å²) < 4.78 is 5.68. The number of carbonyl (C=O) groups excluding carboxylic acids is 2. The number of phenols is 1. The summed E-state index contributed by atoms with van der Waals surface area (Å²) >= 11 is 0. The van der Waals surface area contributed by atoms with Crippen LogP contribution in [0.4, 0.5) is 5.69 Å². The number of hydrogen-bond donors (Lipinski definition) is 2. The zero-order valence-corrected chi connectivity index (χ0v) is 18.5. The van der Waals surface area contributed by atoms with E-state index in [-0.39, 0.29) is 23.6 Å². The molecule has 0 spiro atoms. The first-order chi connectivity index (χ1) is 16.4. The molecule has 8 heteroatoms. The molecular formula is C26H23N3O5. The Morgan fingerprint density at radius 1 is 1.15 bits per heavy atom. The predicted octanol–water partition coefficient (Wildman–Crippen LogP) is 3.24. The van der Waals surface area contributed by atoms with E-state index < -0.39 is 17.7 Å². The van der Waals surface area contributed by atoms with E-state index >= 15 is 0 Å². The van der Waals surface area contributed by atoms with Gasteiger partial charge in [0.2, 0.25) is 0 Å². The molecule has 1 unspecified atom stereocenters. The van der Waals surface area contributed by atoms with E-state index in [1.165, 1.54) is 17.0 Å². The molecule has 2 aromatic carbocycles. The second kappa shape index (κ2) is 8.55. The van der Waals surface area contributed by atoms with Crippen LogP contribution in [0.2, 0.25) is 0 Å². The van der Waals surface area contributed by atoms with Gasteiger partial charge in [-0.3, -0.25) is 14.6 Å². The van der Waals surface area contributed by atoms with Crippen molar-refractivity contribution in [3.8, 4) is 11.5 Å². The summed E-state index contributed by atoms with van der Waals surface area (Å²) in [7, 11) is 1.93. The molecule has 2 aliphatic rings. The number of aromatic nitrogens is 1. The standard InChI is InChI=1S/C26H23N3O5/c1-28-11-12-34-21-9-6-18(13-20(21)28)24(31)22-23(17-4-7-19(30)8-5-17)29(26(33)25(22)32)15-16-3-2-10-27-14-16/h2-10,13-14,23,30-31H,11-12,15H2,1H3/b24-22-. The molecule has 0 bridgehead atoms. The van der Waals surface area contributed by atoms with E-state index in [1.807, 2.05) is 18.0 Å². The van der Waals surface area contributed by atoms with E-state index in [2.05, 4.69) is 4.98 Å². The van der Waals surface area contributed by atoms with Crippen LogP contribution >= 0.6 is 0 Å². The summed E-state index contributed by atoms with van der Waals surface area (Å²) in [4.78, 5) is 33.9. The van der Waals surface area contributed by atoms with Crippen LogP contribution < -0.4 is 9.64 Å². The van der Waals surface area contributed by atoms with Gasteiger partial charge in [0.25, 0.3) is 11.7 Å². The van der Waals surface area contributed by atoms with E-state index in [9.17, 15) is 19.8 Å². The van der Waals surface area contributed by atoms with Crippen molar-refractivity contribution in [2.45, 2.75) is 12.6 Å². The Bertz CT molecular complexity index is 1290. The van der Waals surface area contributed by atoms with Crippen LogP contribution in [0.1, 0.15) is 22.7 Å². The fraction of sp³-hybridized carbons (Fsp3) is 0.192. The van der Waals surface area contributed by atoms with Gasteiger partial charge in [-0.05, 0) is 47.5 Å². The summed E-state index contributed by atoms with van der Waals surface area (Å²) in [6.45, 7) is 1.40. The zero-order chi connectivity index (χ0) is 23.8. The highest BCUT2D eigenvalue weighted by molar-refractivity contribution is 6.46. The lowest BCUT2D eigenvalue weighted by Crippen LogP contribution is -2.29. The van der Waals surface area contributed by atoms with Gasteiger partial charge < -0.3 is 24.7 Å². The van der Waals surface area contributed by atoms with Crippen LogP contribution in [0.25, 0.3) is 5.76 Å². The number of pyridine rings is 1. The predicted molar refractivity (Wildman–Crippen MR) is 125 cm³/mol. The molecule has 172 valence electrons. The summed E-state index contributed by atoms with van der Waals surface area (Å²) in [5.74, 6) is -0.973. The lowest BCUT2D eigenvalue weighted by atomic mass is 9.94. The Labute approximate surface area is 196 Å². The SMILES string of the molecule is CN1CCOc2ccc(/C(O)=C3/C(=O)C(=O)N(Cc4cccnc4)C3c3ccc(O)cc3)cc21. The van der Waals surface area contributed by atoms with Gasteiger partial charge >= 0.3 is 0 Å². The number of ether oxygens (including phenoxy) is 1. The number of fused-ring (bicyclic) bond motifs is 1. The van der Waals surface area contributed by atoms with Crippen LogP contribution in [0.15, 0.2) is 72.6 Å². The molecule has 5 rings (SSSR count). The molecule has 2 aliphatic heterocycles. The first kappa shape index (κ1) is 21.5. The molecular weight excluding hydrogens is 434 g/mol. The Balaban J connectivity index is 1.64. The van der Waals surface area contributed by atoms with Crippen LogP contribution in [0, 0.1) is 0 Å². The summed E-state index contributed by atoms with van der Waals surface area (Å²) in [6, 6.07) is 14.2. The van der Waals surface area contributed by atoms with Crippen molar-refractivity contribution in [1.82, 2.24) is 9.88 Å². The Kier molecular flexibility index (Phi) is 5.41.